The molecule has 9 nitrogen and oxygen atoms in total. The third kappa shape index (κ3) is 9.10. The number of alkyl halides is 3. The molecule has 1 aliphatic rings. The molecule has 1 aliphatic heterocycles. The third-order valence-electron chi connectivity index (χ3n) is 4.11. The monoisotopic (exact) mass is 490 g/mol. The molecule has 1 atom stereocenters. The van der Waals surface area contributed by atoms with Crippen molar-refractivity contribution in [3.05, 3.63) is 46.7 Å². The third-order valence-corrected chi connectivity index (χ3v) is 4.32. The normalized spacial score (nSPS) is 15.8. The van der Waals surface area contributed by atoms with Crippen molar-refractivity contribution >= 4 is 29.4 Å². The largest absolute Gasteiger partial charge is 0.490 e. The number of carbonyl (C=O) groups excluding carboxylic acids is 1. The molecule has 0 saturated carbocycles. The lowest BCUT2D eigenvalue weighted by Gasteiger charge is -2.32. The lowest BCUT2D eigenvalue weighted by Crippen LogP contribution is -2.49. The highest BCUT2D eigenvalue weighted by molar-refractivity contribution is 6.29. The Kier molecular flexibility index (Phi) is 9.23. The first-order valence-electron chi connectivity index (χ1n) is 9.62. The SMILES string of the molecule is Cc1cc(C)nc(NC(=O)N2CCOC(COc3cccc(Cl)n3)C2)c1.O=C(O)C(F)(F)F. The summed E-state index contributed by atoms with van der Waals surface area (Å²) in [6.07, 6.45) is -5.32. The zero-order chi connectivity index (χ0) is 24.6. The summed E-state index contributed by atoms with van der Waals surface area (Å²) in [6, 6.07) is 8.78. The van der Waals surface area contributed by atoms with Crippen LogP contribution < -0.4 is 10.1 Å². The van der Waals surface area contributed by atoms with Crippen LogP contribution in [0.5, 0.6) is 5.88 Å². The van der Waals surface area contributed by atoms with Gasteiger partial charge in [0.1, 0.15) is 23.7 Å². The summed E-state index contributed by atoms with van der Waals surface area (Å²) in [5.74, 6) is -1.77. The number of carbonyl (C=O) groups is 2. The number of ether oxygens (including phenoxy) is 2. The van der Waals surface area contributed by atoms with Crippen molar-refractivity contribution in [3.8, 4) is 5.88 Å². The average Bonchev–Trinajstić information content (AvgIpc) is 2.71. The summed E-state index contributed by atoms with van der Waals surface area (Å²) < 4.78 is 43.0. The van der Waals surface area contributed by atoms with E-state index < -0.39 is 12.1 Å². The van der Waals surface area contributed by atoms with Gasteiger partial charge in [-0.1, -0.05) is 17.7 Å². The van der Waals surface area contributed by atoms with E-state index in [0.717, 1.165) is 11.3 Å². The van der Waals surface area contributed by atoms with E-state index in [2.05, 4.69) is 15.3 Å². The number of aromatic nitrogens is 2. The zero-order valence-electron chi connectivity index (χ0n) is 17.7. The highest BCUT2D eigenvalue weighted by Crippen LogP contribution is 2.15. The second-order valence-corrected chi connectivity index (χ2v) is 7.34. The predicted octanol–water partition coefficient (Wildman–Crippen LogP) is 3.69. The Labute approximate surface area is 192 Å². The molecule has 1 unspecified atom stereocenters. The minimum Gasteiger partial charge on any atom is -0.475 e. The number of nitrogens with zero attached hydrogens (tertiary/aromatic N) is 3. The molecule has 2 N–H and O–H groups in total. The van der Waals surface area contributed by atoms with Crippen LogP contribution in [0, 0.1) is 13.8 Å². The number of aryl methyl sites for hydroxylation is 2. The minimum absolute atomic E-state index is 0.198. The van der Waals surface area contributed by atoms with Gasteiger partial charge in [0.25, 0.3) is 0 Å². The van der Waals surface area contributed by atoms with E-state index in [-0.39, 0.29) is 12.1 Å². The Morgan fingerprint density at radius 3 is 2.61 bits per heavy atom. The van der Waals surface area contributed by atoms with Crippen molar-refractivity contribution in [1.82, 2.24) is 14.9 Å². The molecule has 180 valence electrons. The van der Waals surface area contributed by atoms with Crippen molar-refractivity contribution in [1.29, 1.82) is 0 Å². The first-order chi connectivity index (χ1) is 15.4. The molecule has 2 amide bonds. The summed E-state index contributed by atoms with van der Waals surface area (Å²) >= 11 is 5.84. The number of carboxylic acid groups (broad SMARTS) is 1. The Morgan fingerprint density at radius 1 is 1.30 bits per heavy atom. The molecule has 3 heterocycles. The molecule has 1 saturated heterocycles. The summed E-state index contributed by atoms with van der Waals surface area (Å²) in [4.78, 5) is 31.5. The Morgan fingerprint density at radius 2 is 2.00 bits per heavy atom. The van der Waals surface area contributed by atoms with Crippen LogP contribution in [0.15, 0.2) is 30.3 Å². The lowest BCUT2D eigenvalue weighted by atomic mass is 10.2. The van der Waals surface area contributed by atoms with E-state index in [1.54, 1.807) is 23.1 Å². The van der Waals surface area contributed by atoms with Crippen LogP contribution in [0.1, 0.15) is 11.3 Å². The summed E-state index contributed by atoms with van der Waals surface area (Å²) in [6.45, 7) is 5.55. The molecule has 2 aromatic heterocycles. The van der Waals surface area contributed by atoms with Crippen molar-refractivity contribution in [2.75, 3.05) is 31.6 Å². The Balaban J connectivity index is 0.000000479. The number of nitrogens with one attached hydrogen (secondary N) is 1. The first kappa shape index (κ1) is 26.1. The van der Waals surface area contributed by atoms with Crippen LogP contribution in [0.25, 0.3) is 0 Å². The van der Waals surface area contributed by atoms with E-state index in [9.17, 15) is 18.0 Å². The highest BCUT2D eigenvalue weighted by Gasteiger charge is 2.38. The number of anilines is 1. The Bertz CT molecular complexity index is 957. The van der Waals surface area contributed by atoms with Crippen LogP contribution in [0.3, 0.4) is 0 Å². The summed E-state index contributed by atoms with van der Waals surface area (Å²) in [5, 5.41) is 10.3. The molecular formula is C20H22ClF3N4O5. The molecule has 0 radical (unpaired) electrons. The van der Waals surface area contributed by atoms with Crippen molar-refractivity contribution in [2.24, 2.45) is 0 Å². The number of halogens is 4. The summed E-state index contributed by atoms with van der Waals surface area (Å²) in [7, 11) is 0. The van der Waals surface area contributed by atoms with Gasteiger partial charge in [-0.05, 0) is 37.6 Å². The molecule has 2 aromatic rings. The molecule has 33 heavy (non-hydrogen) atoms. The molecule has 0 bridgehead atoms. The molecule has 0 aliphatic carbocycles. The van der Waals surface area contributed by atoms with E-state index in [1.807, 2.05) is 26.0 Å². The number of rotatable bonds is 4. The van der Waals surface area contributed by atoms with Gasteiger partial charge in [-0.15, -0.1) is 0 Å². The zero-order valence-corrected chi connectivity index (χ0v) is 18.5. The number of amides is 2. The van der Waals surface area contributed by atoms with Crippen molar-refractivity contribution < 1.29 is 37.3 Å². The number of hydrogen-bond donors (Lipinski definition) is 2. The Hall–Kier alpha value is -3.12. The maximum absolute atomic E-state index is 12.5. The smallest absolute Gasteiger partial charge is 0.475 e. The number of carboxylic acids is 1. The topological polar surface area (TPSA) is 114 Å². The van der Waals surface area contributed by atoms with Gasteiger partial charge in [-0.2, -0.15) is 13.2 Å². The van der Waals surface area contributed by atoms with E-state index >= 15 is 0 Å². The van der Waals surface area contributed by atoms with Gasteiger partial charge in [-0.3, -0.25) is 5.32 Å². The van der Waals surface area contributed by atoms with Gasteiger partial charge >= 0.3 is 18.2 Å². The second-order valence-electron chi connectivity index (χ2n) is 6.95. The number of urea groups is 1. The van der Waals surface area contributed by atoms with Crippen molar-refractivity contribution in [3.63, 3.8) is 0 Å². The number of hydrogen-bond acceptors (Lipinski definition) is 6. The van der Waals surface area contributed by atoms with Gasteiger partial charge in [0.15, 0.2) is 0 Å². The molecule has 13 heteroatoms. The quantitative estimate of drug-likeness (QED) is 0.628. The second kappa shape index (κ2) is 11.7. The molecule has 0 aromatic carbocycles. The molecule has 3 rings (SSSR count). The van der Waals surface area contributed by atoms with Crippen LogP contribution in [0.2, 0.25) is 5.15 Å². The van der Waals surface area contributed by atoms with Crippen LogP contribution >= 0.6 is 11.6 Å². The van der Waals surface area contributed by atoms with Crippen molar-refractivity contribution in [2.45, 2.75) is 26.1 Å². The van der Waals surface area contributed by atoms with Crippen LogP contribution in [0.4, 0.5) is 23.8 Å². The van der Waals surface area contributed by atoms with Gasteiger partial charge in [0.05, 0.1) is 13.2 Å². The van der Waals surface area contributed by atoms with E-state index in [4.69, 9.17) is 31.0 Å². The van der Waals surface area contributed by atoms with Gasteiger partial charge in [-0.25, -0.2) is 19.6 Å². The molecule has 1 fully saturated rings. The average molecular weight is 491 g/mol. The number of pyridine rings is 2. The standard InChI is InChI=1S/C18H21ClN4O3.C2HF3O2/c1-12-8-13(2)20-16(9-12)22-18(24)23-6-7-25-14(10-23)11-26-17-5-3-4-15(19)21-17;3-2(4,5)1(6)7/h3-5,8-9,14H,6-7,10-11H2,1-2H3,(H,20,22,24);(H,6,7). The van der Waals surface area contributed by atoms with Crippen LogP contribution in [-0.2, 0) is 9.53 Å². The fourth-order valence-electron chi connectivity index (χ4n) is 2.75. The minimum atomic E-state index is -5.08. The van der Waals surface area contributed by atoms with Gasteiger partial charge in [0.2, 0.25) is 5.88 Å². The lowest BCUT2D eigenvalue weighted by molar-refractivity contribution is -0.192. The summed E-state index contributed by atoms with van der Waals surface area (Å²) in [5.41, 5.74) is 1.91. The van der Waals surface area contributed by atoms with E-state index in [1.165, 1.54) is 0 Å². The maximum atomic E-state index is 12.5. The van der Waals surface area contributed by atoms with E-state index in [0.29, 0.717) is 43.2 Å². The molecule has 0 spiro atoms. The van der Waals surface area contributed by atoms with Gasteiger partial charge < -0.3 is 19.5 Å². The number of morpholine rings is 1. The maximum Gasteiger partial charge on any atom is 0.490 e. The fourth-order valence-corrected chi connectivity index (χ4v) is 2.90. The number of aliphatic carboxylic acids is 1. The van der Waals surface area contributed by atoms with Gasteiger partial charge in [0, 0.05) is 18.3 Å². The first-order valence-corrected chi connectivity index (χ1v) is 10.00. The predicted molar refractivity (Wildman–Crippen MR) is 112 cm³/mol. The van der Waals surface area contributed by atoms with Crippen LogP contribution in [-0.4, -0.2) is 70.6 Å². The highest BCUT2D eigenvalue weighted by atomic mass is 35.5. The fraction of sp³-hybridized carbons (Fsp3) is 0.400. The molecular weight excluding hydrogens is 469 g/mol.